The van der Waals surface area contributed by atoms with E-state index in [4.69, 9.17) is 9.41 Å². The zero-order valence-electron chi connectivity index (χ0n) is 27.0. The number of aliphatic hydroxyl groups is 1. The summed E-state index contributed by atoms with van der Waals surface area (Å²) in [5, 5.41) is 17.1. The molecule has 41 heavy (non-hydrogen) atoms. The first kappa shape index (κ1) is 30.5. The summed E-state index contributed by atoms with van der Waals surface area (Å²) >= 11 is 0. The van der Waals surface area contributed by atoms with Gasteiger partial charge in [-0.05, 0) is 66.0 Å². The van der Waals surface area contributed by atoms with Crippen LogP contribution in [-0.4, -0.2) is 47.9 Å². The SMILES string of the molecule is CC(C)(C)[Si](C)(C)O[C@H]1C[C@H](n2ccc3c(N[C@H]4CCc5ccccc54)ncnc32)C[C@@H]1C(O)[Si](C)(C)C(C)(C)C. The van der Waals surface area contributed by atoms with E-state index in [9.17, 15) is 5.11 Å². The summed E-state index contributed by atoms with van der Waals surface area (Å²) in [5.74, 6) is 1.02. The fraction of sp³-hybridized carbons (Fsp3) is 0.636. The summed E-state index contributed by atoms with van der Waals surface area (Å²) in [6.07, 6.45) is 7.89. The van der Waals surface area contributed by atoms with Crippen LogP contribution in [0.3, 0.4) is 0 Å². The molecule has 224 valence electrons. The molecule has 5 atom stereocenters. The number of aromatic nitrogens is 3. The summed E-state index contributed by atoms with van der Waals surface area (Å²) in [4.78, 5) is 9.48. The van der Waals surface area contributed by atoms with Gasteiger partial charge >= 0.3 is 0 Å². The number of rotatable bonds is 7. The molecular weight excluding hydrogens is 541 g/mol. The van der Waals surface area contributed by atoms with Crippen LogP contribution < -0.4 is 5.32 Å². The molecule has 0 bridgehead atoms. The van der Waals surface area contributed by atoms with E-state index in [2.05, 4.69) is 119 Å². The molecule has 0 spiro atoms. The van der Waals surface area contributed by atoms with Gasteiger partial charge in [-0.15, -0.1) is 0 Å². The summed E-state index contributed by atoms with van der Waals surface area (Å²) in [5.41, 5.74) is 3.44. The average molecular weight is 593 g/mol. The number of hydrogen-bond donors (Lipinski definition) is 2. The fourth-order valence-electron chi connectivity index (χ4n) is 6.49. The van der Waals surface area contributed by atoms with Crippen LogP contribution >= 0.6 is 0 Å². The Hall–Kier alpha value is -2.01. The lowest BCUT2D eigenvalue weighted by atomic mass is 10.1. The predicted octanol–water partition coefficient (Wildman–Crippen LogP) is 8.28. The molecule has 1 saturated carbocycles. The Bertz CT molecular complexity index is 1390. The minimum absolute atomic E-state index is 0.0388. The lowest BCUT2D eigenvalue weighted by Crippen LogP contribution is -2.55. The molecular formula is C33H52N4O2Si2. The van der Waals surface area contributed by atoms with Crippen LogP contribution in [0, 0.1) is 5.92 Å². The van der Waals surface area contributed by atoms with Crippen molar-refractivity contribution in [3.05, 3.63) is 54.0 Å². The molecule has 6 nitrogen and oxygen atoms in total. The standard InChI is InChI=1S/C33H52N4O2Si2/c1-32(2,3)40(7,8)31(38)26-19-23(20-28(26)39-41(9,10)33(4,5)6)37-18-17-25-29(34-21-35-30(25)37)36-27-16-15-22-13-11-12-14-24(22)27/h11-14,17-18,21,23,26-28,31,38H,15-16,19-20H2,1-10H3,(H,34,35,36)/t23-,26+,27+,28+,31?/m1/s1. The average Bonchev–Trinajstić information content (AvgIpc) is 3.59. The van der Waals surface area contributed by atoms with Crippen LogP contribution in [0.1, 0.15) is 84.0 Å². The van der Waals surface area contributed by atoms with E-state index in [0.29, 0.717) is 0 Å². The van der Waals surface area contributed by atoms with Crippen LogP contribution in [0.15, 0.2) is 42.9 Å². The van der Waals surface area contributed by atoms with Gasteiger partial charge < -0.3 is 19.4 Å². The molecule has 0 aliphatic heterocycles. The molecule has 8 heteroatoms. The van der Waals surface area contributed by atoms with Crippen molar-refractivity contribution in [2.24, 2.45) is 5.92 Å². The van der Waals surface area contributed by atoms with Crippen molar-refractivity contribution >= 4 is 33.2 Å². The van der Waals surface area contributed by atoms with Crippen molar-refractivity contribution in [2.45, 2.75) is 127 Å². The van der Waals surface area contributed by atoms with Gasteiger partial charge in [0.15, 0.2) is 8.32 Å². The Kier molecular flexibility index (Phi) is 7.88. The molecule has 2 aromatic heterocycles. The Morgan fingerprint density at radius 3 is 2.37 bits per heavy atom. The van der Waals surface area contributed by atoms with E-state index in [1.54, 1.807) is 6.33 Å². The second-order valence-electron chi connectivity index (χ2n) is 15.7. The molecule has 0 radical (unpaired) electrons. The largest absolute Gasteiger partial charge is 0.413 e. The number of fused-ring (bicyclic) bond motifs is 2. The van der Waals surface area contributed by atoms with Crippen LogP contribution in [0.25, 0.3) is 11.0 Å². The first-order valence-corrected chi connectivity index (χ1v) is 21.5. The number of benzene rings is 1. The lowest BCUT2D eigenvalue weighted by molar-refractivity contribution is 0.0714. The molecule has 1 aromatic carbocycles. The number of nitrogens with zero attached hydrogens (tertiary/aromatic N) is 3. The second-order valence-corrected chi connectivity index (χ2v) is 26.0. The van der Waals surface area contributed by atoms with Crippen LogP contribution in [0.5, 0.6) is 0 Å². The van der Waals surface area contributed by atoms with Gasteiger partial charge in [0.05, 0.1) is 31.3 Å². The molecule has 3 aromatic rings. The van der Waals surface area contributed by atoms with Gasteiger partial charge in [-0.3, -0.25) is 0 Å². The summed E-state index contributed by atoms with van der Waals surface area (Å²) < 4.78 is 9.47. The highest BCUT2D eigenvalue weighted by molar-refractivity contribution is 6.81. The number of anilines is 1. The highest BCUT2D eigenvalue weighted by atomic mass is 28.4. The minimum atomic E-state index is -2.03. The predicted molar refractivity (Wildman–Crippen MR) is 176 cm³/mol. The first-order valence-electron chi connectivity index (χ1n) is 15.5. The van der Waals surface area contributed by atoms with Crippen molar-refractivity contribution in [3.8, 4) is 0 Å². The quantitative estimate of drug-likeness (QED) is 0.270. The van der Waals surface area contributed by atoms with Crippen molar-refractivity contribution in [2.75, 3.05) is 5.32 Å². The second kappa shape index (κ2) is 10.6. The van der Waals surface area contributed by atoms with E-state index in [0.717, 1.165) is 42.5 Å². The topological polar surface area (TPSA) is 72.2 Å². The molecule has 0 amide bonds. The number of nitrogens with one attached hydrogen (secondary N) is 1. The van der Waals surface area contributed by atoms with E-state index in [1.165, 1.54) is 11.1 Å². The minimum Gasteiger partial charge on any atom is -0.413 e. The van der Waals surface area contributed by atoms with E-state index < -0.39 is 16.4 Å². The monoisotopic (exact) mass is 592 g/mol. The fourth-order valence-corrected chi connectivity index (χ4v) is 10.2. The molecule has 1 fully saturated rings. The number of hydrogen-bond acceptors (Lipinski definition) is 5. The summed E-state index contributed by atoms with van der Waals surface area (Å²) in [6, 6.07) is 11.4. The first-order chi connectivity index (χ1) is 19.0. The maximum Gasteiger partial charge on any atom is 0.192 e. The highest BCUT2D eigenvalue weighted by Crippen LogP contribution is 2.49. The third kappa shape index (κ3) is 5.57. The molecule has 2 aliphatic carbocycles. The third-order valence-electron chi connectivity index (χ3n) is 11.2. The van der Waals surface area contributed by atoms with E-state index >= 15 is 0 Å². The van der Waals surface area contributed by atoms with Crippen molar-refractivity contribution in [3.63, 3.8) is 0 Å². The van der Waals surface area contributed by atoms with Gasteiger partial charge in [0.2, 0.25) is 0 Å². The molecule has 0 saturated heterocycles. The van der Waals surface area contributed by atoms with Crippen molar-refractivity contribution < 1.29 is 9.53 Å². The van der Waals surface area contributed by atoms with Gasteiger partial charge in [0, 0.05) is 18.2 Å². The van der Waals surface area contributed by atoms with E-state index in [-0.39, 0.29) is 39.9 Å². The van der Waals surface area contributed by atoms with Crippen LogP contribution in [0.4, 0.5) is 5.82 Å². The Balaban J connectivity index is 1.45. The molecule has 5 rings (SSSR count). The van der Waals surface area contributed by atoms with E-state index in [1.807, 2.05) is 0 Å². The third-order valence-corrected chi connectivity index (χ3v) is 21.5. The normalized spacial score (nSPS) is 24.6. The van der Waals surface area contributed by atoms with Crippen molar-refractivity contribution in [1.29, 1.82) is 0 Å². The number of aliphatic hydroxyl groups excluding tert-OH is 1. The molecule has 2 aliphatic rings. The number of aryl methyl sites for hydroxylation is 1. The Morgan fingerprint density at radius 1 is 0.976 bits per heavy atom. The van der Waals surface area contributed by atoms with Gasteiger partial charge in [0.25, 0.3) is 0 Å². The van der Waals surface area contributed by atoms with Crippen molar-refractivity contribution in [1.82, 2.24) is 14.5 Å². The van der Waals surface area contributed by atoms with Gasteiger partial charge in [-0.1, -0.05) is 78.9 Å². The van der Waals surface area contributed by atoms with Gasteiger partial charge in [0.1, 0.15) is 17.8 Å². The zero-order chi connectivity index (χ0) is 30.0. The molecule has 2 heterocycles. The molecule has 1 unspecified atom stereocenters. The van der Waals surface area contributed by atoms with Gasteiger partial charge in [-0.25, -0.2) is 9.97 Å². The highest BCUT2D eigenvalue weighted by Gasteiger charge is 2.52. The van der Waals surface area contributed by atoms with Crippen LogP contribution in [-0.2, 0) is 10.8 Å². The maximum absolute atomic E-state index is 12.0. The summed E-state index contributed by atoms with van der Waals surface area (Å²) in [6.45, 7) is 23.2. The smallest absolute Gasteiger partial charge is 0.192 e. The summed E-state index contributed by atoms with van der Waals surface area (Å²) in [7, 11) is -4.05. The Morgan fingerprint density at radius 2 is 1.68 bits per heavy atom. The maximum atomic E-state index is 12.0. The Labute approximate surface area is 249 Å². The van der Waals surface area contributed by atoms with Crippen LogP contribution in [0.2, 0.25) is 36.3 Å². The molecule has 2 N–H and O–H groups in total. The van der Waals surface area contributed by atoms with Gasteiger partial charge in [-0.2, -0.15) is 0 Å². The lowest BCUT2D eigenvalue weighted by Gasteiger charge is -2.46. The zero-order valence-corrected chi connectivity index (χ0v) is 29.0.